The fraction of sp³-hybridized carbons (Fsp3) is 0.962. The number of nitrogens with zero attached hydrogens (tertiary/aromatic N) is 1. The Morgan fingerprint density at radius 3 is 2.19 bits per heavy atom. The van der Waals surface area contributed by atoms with Crippen LogP contribution in [0, 0.1) is 52.8 Å². The highest BCUT2D eigenvalue weighted by molar-refractivity contribution is 4.86. The van der Waals surface area contributed by atoms with Crippen molar-refractivity contribution >= 4 is 0 Å². The lowest BCUT2D eigenvalue weighted by Crippen LogP contribution is -2.23. The molecule has 0 radical (unpaired) electrons. The zero-order valence-electron chi connectivity index (χ0n) is 18.9. The Bertz CT molecular complexity index is 436. The summed E-state index contributed by atoms with van der Waals surface area (Å²) in [5, 5.41) is 9.50. The molecule has 0 heterocycles. The molecule has 0 bridgehead atoms. The van der Waals surface area contributed by atoms with Gasteiger partial charge in [0.15, 0.2) is 0 Å². The molecule has 7 unspecified atom stereocenters. The Hall–Kier alpha value is -0.510. The van der Waals surface area contributed by atoms with E-state index in [4.69, 9.17) is 0 Å². The second kappa shape index (κ2) is 12.1. The maximum absolute atomic E-state index is 9.50. The third-order valence-electron chi connectivity index (χ3n) is 8.41. The molecule has 2 fully saturated rings. The van der Waals surface area contributed by atoms with E-state index in [1.54, 1.807) is 0 Å². The van der Waals surface area contributed by atoms with Crippen LogP contribution in [0.25, 0.3) is 0 Å². The summed E-state index contributed by atoms with van der Waals surface area (Å²) in [6.45, 7) is 9.74. The Balaban J connectivity index is 2.04. The highest BCUT2D eigenvalue weighted by atomic mass is 14.4. The molecule has 0 aromatic carbocycles. The summed E-state index contributed by atoms with van der Waals surface area (Å²) in [4.78, 5) is 0. The molecule has 7 atom stereocenters. The van der Waals surface area contributed by atoms with Crippen LogP contribution < -0.4 is 0 Å². The van der Waals surface area contributed by atoms with Crippen LogP contribution in [0.15, 0.2) is 0 Å². The van der Waals surface area contributed by atoms with Gasteiger partial charge in [0.25, 0.3) is 0 Å². The average molecular weight is 374 g/mol. The second-order valence-corrected chi connectivity index (χ2v) is 10.2. The molecule has 0 aromatic rings. The molecule has 156 valence electrons. The van der Waals surface area contributed by atoms with Gasteiger partial charge < -0.3 is 0 Å². The van der Waals surface area contributed by atoms with Gasteiger partial charge >= 0.3 is 0 Å². The molecule has 0 amide bonds. The van der Waals surface area contributed by atoms with Gasteiger partial charge in [0.2, 0.25) is 0 Å². The van der Waals surface area contributed by atoms with Crippen molar-refractivity contribution in [3.63, 3.8) is 0 Å². The Labute approximate surface area is 170 Å². The molecular formula is C26H47N. The van der Waals surface area contributed by atoms with Gasteiger partial charge in [-0.3, -0.25) is 0 Å². The fourth-order valence-corrected chi connectivity index (χ4v) is 6.48. The van der Waals surface area contributed by atoms with Gasteiger partial charge in [-0.1, -0.05) is 79.1 Å². The summed E-state index contributed by atoms with van der Waals surface area (Å²) in [5.41, 5.74) is 0. The Morgan fingerprint density at radius 2 is 1.59 bits per heavy atom. The number of nitriles is 1. The number of hydrogen-bond acceptors (Lipinski definition) is 1. The topological polar surface area (TPSA) is 23.8 Å². The van der Waals surface area contributed by atoms with Crippen LogP contribution in [-0.4, -0.2) is 0 Å². The Kier molecular flexibility index (Phi) is 10.2. The van der Waals surface area contributed by atoms with Crippen LogP contribution in [0.1, 0.15) is 118 Å². The normalized spacial score (nSPS) is 37.3. The fourth-order valence-electron chi connectivity index (χ4n) is 6.48. The van der Waals surface area contributed by atoms with E-state index in [1.165, 1.54) is 77.0 Å². The molecule has 0 aliphatic heterocycles. The molecule has 0 aromatic heterocycles. The first-order valence-electron chi connectivity index (χ1n) is 12.5. The van der Waals surface area contributed by atoms with Gasteiger partial charge in [-0.25, -0.2) is 0 Å². The van der Waals surface area contributed by atoms with Crippen molar-refractivity contribution in [3.05, 3.63) is 0 Å². The summed E-state index contributed by atoms with van der Waals surface area (Å²) < 4.78 is 0. The molecule has 2 saturated carbocycles. The number of hydrogen-bond donors (Lipinski definition) is 0. The highest BCUT2D eigenvalue weighted by Gasteiger charge is 2.32. The van der Waals surface area contributed by atoms with E-state index in [1.807, 2.05) is 0 Å². The minimum atomic E-state index is 0.318. The molecule has 2 aliphatic carbocycles. The van der Waals surface area contributed by atoms with Gasteiger partial charge in [-0.15, -0.1) is 0 Å². The smallest absolute Gasteiger partial charge is 0.0655 e. The van der Waals surface area contributed by atoms with Crippen LogP contribution in [0.2, 0.25) is 0 Å². The van der Waals surface area contributed by atoms with E-state index in [2.05, 4.69) is 33.8 Å². The predicted molar refractivity (Wildman–Crippen MR) is 117 cm³/mol. The molecule has 1 nitrogen and oxygen atoms in total. The van der Waals surface area contributed by atoms with E-state index in [0.717, 1.165) is 48.3 Å². The zero-order valence-corrected chi connectivity index (χ0v) is 18.9. The molecule has 27 heavy (non-hydrogen) atoms. The van der Waals surface area contributed by atoms with Gasteiger partial charge in [-0.2, -0.15) is 5.26 Å². The summed E-state index contributed by atoms with van der Waals surface area (Å²) in [6.07, 6.45) is 19.1. The van der Waals surface area contributed by atoms with Crippen LogP contribution in [0.5, 0.6) is 0 Å². The highest BCUT2D eigenvalue weighted by Crippen LogP contribution is 2.44. The lowest BCUT2D eigenvalue weighted by atomic mass is 9.72. The van der Waals surface area contributed by atoms with Crippen molar-refractivity contribution in [3.8, 4) is 6.07 Å². The number of rotatable bonds is 6. The van der Waals surface area contributed by atoms with Crippen molar-refractivity contribution in [1.29, 1.82) is 5.26 Å². The van der Waals surface area contributed by atoms with Crippen LogP contribution in [-0.2, 0) is 0 Å². The summed E-state index contributed by atoms with van der Waals surface area (Å²) in [5.74, 6) is 5.93. The van der Waals surface area contributed by atoms with E-state index in [-0.39, 0.29) is 0 Å². The lowest BCUT2D eigenvalue weighted by molar-refractivity contribution is 0.172. The minimum Gasteiger partial charge on any atom is -0.198 e. The van der Waals surface area contributed by atoms with E-state index < -0.39 is 0 Å². The predicted octanol–water partition coefficient (Wildman–Crippen LogP) is 8.39. The van der Waals surface area contributed by atoms with Gasteiger partial charge in [0.05, 0.1) is 6.07 Å². The molecule has 1 heteroatoms. The molecule has 0 saturated heterocycles. The third-order valence-corrected chi connectivity index (χ3v) is 8.41. The zero-order chi connectivity index (χ0) is 19.6. The molecule has 2 aliphatic rings. The van der Waals surface area contributed by atoms with Crippen molar-refractivity contribution in [1.82, 2.24) is 0 Å². The molecule has 2 rings (SSSR count). The van der Waals surface area contributed by atoms with Gasteiger partial charge in [0, 0.05) is 5.92 Å². The summed E-state index contributed by atoms with van der Waals surface area (Å²) in [6, 6.07) is 2.60. The molecule has 0 spiro atoms. The first kappa shape index (κ1) is 22.8. The van der Waals surface area contributed by atoms with Crippen molar-refractivity contribution in [2.24, 2.45) is 41.4 Å². The monoisotopic (exact) mass is 373 g/mol. The van der Waals surface area contributed by atoms with Gasteiger partial charge in [0.1, 0.15) is 0 Å². The van der Waals surface area contributed by atoms with E-state index in [0.29, 0.717) is 5.92 Å². The Morgan fingerprint density at radius 1 is 0.852 bits per heavy atom. The average Bonchev–Trinajstić information content (AvgIpc) is 3.15. The van der Waals surface area contributed by atoms with Crippen LogP contribution in [0.4, 0.5) is 0 Å². The molecule has 0 N–H and O–H groups in total. The standard InChI is InChI=1S/C26H47N/c1-5-21-14-15-26(17-21)24(7-3)18-25-13-9-12-22(19-27)11-8-10-20(4)16-23(25)6-2/h20-26H,5-18H2,1-4H3. The SMILES string of the molecule is CCC1CCC(C(CC)CC2CCCC(C#N)CCCC(C)CC2CC)C1. The van der Waals surface area contributed by atoms with Crippen molar-refractivity contribution < 1.29 is 0 Å². The maximum Gasteiger partial charge on any atom is 0.0655 e. The van der Waals surface area contributed by atoms with Crippen molar-refractivity contribution in [2.75, 3.05) is 0 Å². The third kappa shape index (κ3) is 7.11. The molecular weight excluding hydrogens is 326 g/mol. The summed E-state index contributed by atoms with van der Waals surface area (Å²) >= 11 is 0. The van der Waals surface area contributed by atoms with Crippen LogP contribution in [0.3, 0.4) is 0 Å². The second-order valence-electron chi connectivity index (χ2n) is 10.2. The van der Waals surface area contributed by atoms with Crippen molar-refractivity contribution in [2.45, 2.75) is 118 Å². The first-order valence-corrected chi connectivity index (χ1v) is 12.5. The first-order chi connectivity index (χ1) is 13.1. The van der Waals surface area contributed by atoms with E-state index >= 15 is 0 Å². The van der Waals surface area contributed by atoms with E-state index in [9.17, 15) is 5.26 Å². The summed E-state index contributed by atoms with van der Waals surface area (Å²) in [7, 11) is 0. The van der Waals surface area contributed by atoms with Gasteiger partial charge in [-0.05, 0) is 74.0 Å². The minimum absolute atomic E-state index is 0.318. The maximum atomic E-state index is 9.50. The lowest BCUT2D eigenvalue weighted by Gasteiger charge is -2.33. The largest absolute Gasteiger partial charge is 0.198 e. The quantitative estimate of drug-likeness (QED) is 0.458. The van der Waals surface area contributed by atoms with Crippen LogP contribution >= 0.6 is 0 Å².